The third kappa shape index (κ3) is 4.64. The summed E-state index contributed by atoms with van der Waals surface area (Å²) in [4.78, 5) is 15.9. The Kier molecular flexibility index (Phi) is 5.69. The van der Waals surface area contributed by atoms with E-state index in [-0.39, 0.29) is 6.79 Å². The SMILES string of the molecule is C(=NNc1nc(Nc2cccc3ccccc23)nc(N2CCOCC2)n1)c1ccc2c(c1)OCO2. The fraction of sp³-hybridized carbons (Fsp3) is 0.200. The lowest BCUT2D eigenvalue weighted by atomic mass is 10.1. The molecule has 0 aliphatic carbocycles. The Morgan fingerprint density at radius 1 is 0.857 bits per heavy atom. The molecule has 0 bridgehead atoms. The third-order valence-corrected chi connectivity index (χ3v) is 5.73. The average molecular weight is 470 g/mol. The molecular weight excluding hydrogens is 446 g/mol. The van der Waals surface area contributed by atoms with E-state index in [4.69, 9.17) is 14.2 Å². The minimum atomic E-state index is 0.232. The quantitative estimate of drug-likeness (QED) is 0.322. The molecule has 0 atom stereocenters. The third-order valence-electron chi connectivity index (χ3n) is 5.73. The highest BCUT2D eigenvalue weighted by Gasteiger charge is 2.17. The van der Waals surface area contributed by atoms with E-state index in [9.17, 15) is 0 Å². The van der Waals surface area contributed by atoms with Crippen molar-refractivity contribution in [3.8, 4) is 11.5 Å². The summed E-state index contributed by atoms with van der Waals surface area (Å²) >= 11 is 0. The maximum Gasteiger partial charge on any atom is 0.250 e. The Bertz CT molecular complexity index is 1380. The van der Waals surface area contributed by atoms with Gasteiger partial charge in [0.05, 0.1) is 19.4 Å². The van der Waals surface area contributed by atoms with Gasteiger partial charge in [-0.15, -0.1) is 0 Å². The predicted molar refractivity (Wildman–Crippen MR) is 134 cm³/mol. The summed E-state index contributed by atoms with van der Waals surface area (Å²) in [5.41, 5.74) is 4.71. The Morgan fingerprint density at radius 2 is 1.69 bits per heavy atom. The Balaban J connectivity index is 1.28. The first-order chi connectivity index (χ1) is 17.3. The molecule has 2 aliphatic heterocycles. The van der Waals surface area contributed by atoms with Gasteiger partial charge >= 0.3 is 0 Å². The van der Waals surface area contributed by atoms with Gasteiger partial charge < -0.3 is 24.4 Å². The van der Waals surface area contributed by atoms with E-state index in [1.54, 1.807) is 6.21 Å². The van der Waals surface area contributed by atoms with Gasteiger partial charge in [0.2, 0.25) is 24.6 Å². The molecule has 0 spiro atoms. The number of fused-ring (bicyclic) bond motifs is 2. The number of hydrogen-bond acceptors (Lipinski definition) is 10. The molecule has 4 aromatic rings. The Morgan fingerprint density at radius 3 is 2.63 bits per heavy atom. The largest absolute Gasteiger partial charge is 0.454 e. The summed E-state index contributed by atoms with van der Waals surface area (Å²) in [6, 6.07) is 19.9. The van der Waals surface area contributed by atoms with Crippen molar-refractivity contribution in [3.63, 3.8) is 0 Å². The summed E-state index contributed by atoms with van der Waals surface area (Å²) < 4.78 is 16.3. The Hall–Kier alpha value is -4.44. The lowest BCUT2D eigenvalue weighted by Crippen LogP contribution is -2.37. The first-order valence-electron chi connectivity index (χ1n) is 11.3. The molecule has 3 heterocycles. The van der Waals surface area contributed by atoms with Crippen molar-refractivity contribution < 1.29 is 14.2 Å². The molecule has 0 unspecified atom stereocenters. The van der Waals surface area contributed by atoms with E-state index in [0.717, 1.165) is 27.8 Å². The molecule has 0 amide bonds. The normalized spacial score (nSPS) is 15.0. The molecule has 1 fully saturated rings. The first kappa shape index (κ1) is 21.1. The number of benzene rings is 3. The van der Waals surface area contributed by atoms with E-state index in [2.05, 4.69) is 53.9 Å². The predicted octanol–water partition coefficient (Wildman–Crippen LogP) is 3.78. The van der Waals surface area contributed by atoms with Crippen molar-refractivity contribution in [1.82, 2.24) is 15.0 Å². The number of hydrazone groups is 1. The van der Waals surface area contributed by atoms with E-state index < -0.39 is 0 Å². The minimum absolute atomic E-state index is 0.232. The molecule has 0 saturated carbocycles. The van der Waals surface area contributed by atoms with Crippen molar-refractivity contribution in [1.29, 1.82) is 0 Å². The number of aromatic nitrogens is 3. The standard InChI is InChI=1S/C25H23N7O3/c1-2-6-19-18(4-1)5-3-7-20(19)27-23-28-24(30-25(29-23)32-10-12-33-13-11-32)31-26-15-17-8-9-21-22(14-17)35-16-34-21/h1-9,14-15H,10-13,16H2,(H2,27,28,29,30,31). The van der Waals surface area contributed by atoms with Gasteiger partial charge in [-0.2, -0.15) is 20.1 Å². The fourth-order valence-electron chi connectivity index (χ4n) is 3.99. The Labute approximate surface area is 201 Å². The first-order valence-corrected chi connectivity index (χ1v) is 11.3. The second kappa shape index (κ2) is 9.43. The molecule has 35 heavy (non-hydrogen) atoms. The maximum atomic E-state index is 5.48. The van der Waals surface area contributed by atoms with Crippen LogP contribution in [0.4, 0.5) is 23.5 Å². The van der Waals surface area contributed by atoms with Gasteiger partial charge in [0, 0.05) is 24.2 Å². The van der Waals surface area contributed by atoms with Crippen LogP contribution in [0, 0.1) is 0 Å². The van der Waals surface area contributed by atoms with Crippen molar-refractivity contribution in [2.45, 2.75) is 0 Å². The molecule has 2 N–H and O–H groups in total. The summed E-state index contributed by atoms with van der Waals surface area (Å²) in [5, 5.41) is 9.90. The molecule has 2 aliphatic rings. The van der Waals surface area contributed by atoms with E-state index in [1.165, 1.54) is 0 Å². The van der Waals surface area contributed by atoms with E-state index in [1.807, 2.05) is 42.5 Å². The van der Waals surface area contributed by atoms with Crippen molar-refractivity contribution in [3.05, 3.63) is 66.2 Å². The van der Waals surface area contributed by atoms with Gasteiger partial charge in [-0.3, -0.25) is 0 Å². The molecule has 6 rings (SSSR count). The highest BCUT2D eigenvalue weighted by molar-refractivity contribution is 5.95. The number of nitrogens with one attached hydrogen (secondary N) is 2. The van der Waals surface area contributed by atoms with E-state index >= 15 is 0 Å². The van der Waals surface area contributed by atoms with Gasteiger partial charge in [0.1, 0.15) is 0 Å². The van der Waals surface area contributed by atoms with Crippen LogP contribution in [0.2, 0.25) is 0 Å². The number of morpholine rings is 1. The number of rotatable bonds is 6. The lowest BCUT2D eigenvalue weighted by molar-refractivity contribution is 0.122. The molecule has 10 nitrogen and oxygen atoms in total. The molecular formula is C25H23N7O3. The van der Waals surface area contributed by atoms with Crippen LogP contribution in [0.1, 0.15) is 5.56 Å². The van der Waals surface area contributed by atoms with Gasteiger partial charge in [0.25, 0.3) is 0 Å². The van der Waals surface area contributed by atoms with Crippen LogP contribution < -0.4 is 25.1 Å². The second-order valence-electron chi connectivity index (χ2n) is 8.02. The highest BCUT2D eigenvalue weighted by atomic mass is 16.7. The summed E-state index contributed by atoms with van der Waals surface area (Å²) in [7, 11) is 0. The van der Waals surface area contributed by atoms with Crippen molar-refractivity contribution in [2.24, 2.45) is 5.10 Å². The summed E-state index contributed by atoms with van der Waals surface area (Å²) in [5.74, 6) is 2.75. The van der Waals surface area contributed by atoms with Crippen LogP contribution >= 0.6 is 0 Å². The zero-order valence-corrected chi connectivity index (χ0v) is 18.8. The highest BCUT2D eigenvalue weighted by Crippen LogP contribution is 2.32. The van der Waals surface area contributed by atoms with Crippen LogP contribution in [0.25, 0.3) is 10.8 Å². The van der Waals surface area contributed by atoms with Crippen molar-refractivity contribution >= 4 is 40.5 Å². The van der Waals surface area contributed by atoms with Gasteiger partial charge in [0.15, 0.2) is 11.5 Å². The number of anilines is 4. The summed E-state index contributed by atoms with van der Waals surface area (Å²) in [6.45, 7) is 2.90. The smallest absolute Gasteiger partial charge is 0.250 e. The number of nitrogens with zero attached hydrogens (tertiary/aromatic N) is 5. The second-order valence-corrected chi connectivity index (χ2v) is 8.02. The van der Waals surface area contributed by atoms with E-state index in [0.29, 0.717) is 49.9 Å². The number of ether oxygens (including phenoxy) is 3. The fourth-order valence-corrected chi connectivity index (χ4v) is 3.99. The topological polar surface area (TPSA) is 106 Å². The minimum Gasteiger partial charge on any atom is -0.454 e. The molecule has 3 aromatic carbocycles. The van der Waals surface area contributed by atoms with Crippen LogP contribution in [0.5, 0.6) is 11.5 Å². The van der Waals surface area contributed by atoms with Gasteiger partial charge in [-0.1, -0.05) is 36.4 Å². The van der Waals surface area contributed by atoms with Crippen LogP contribution in [-0.4, -0.2) is 54.3 Å². The molecule has 0 radical (unpaired) electrons. The molecule has 176 valence electrons. The number of hydrogen-bond donors (Lipinski definition) is 2. The van der Waals surface area contributed by atoms with Crippen LogP contribution in [0.15, 0.2) is 65.8 Å². The van der Waals surface area contributed by atoms with Crippen molar-refractivity contribution in [2.75, 3.05) is 48.7 Å². The van der Waals surface area contributed by atoms with Gasteiger partial charge in [-0.25, -0.2) is 5.43 Å². The molecule has 1 saturated heterocycles. The lowest BCUT2D eigenvalue weighted by Gasteiger charge is -2.27. The zero-order chi connectivity index (χ0) is 23.5. The van der Waals surface area contributed by atoms with Crippen LogP contribution in [0.3, 0.4) is 0 Å². The monoisotopic (exact) mass is 469 g/mol. The zero-order valence-electron chi connectivity index (χ0n) is 18.8. The maximum absolute atomic E-state index is 5.48. The molecule has 10 heteroatoms. The average Bonchev–Trinajstić information content (AvgIpc) is 3.37. The van der Waals surface area contributed by atoms with Gasteiger partial charge in [-0.05, 0) is 35.2 Å². The van der Waals surface area contributed by atoms with Crippen LogP contribution in [-0.2, 0) is 4.74 Å². The molecule has 1 aromatic heterocycles. The summed E-state index contributed by atoms with van der Waals surface area (Å²) in [6.07, 6.45) is 1.68.